The first-order valence-corrected chi connectivity index (χ1v) is 5.69. The highest BCUT2D eigenvalue weighted by atomic mass is 16.6. The summed E-state index contributed by atoms with van der Waals surface area (Å²) in [4.78, 5) is 23.3. The standard InChI is InChI=1S/C12H18O5/c1-5-8-9(11(13)15-4)7(3)17-10(8)12(14)16-6-2/h8,10H,5-6H2,1-4H3/t8-,10-/m0/s1. The topological polar surface area (TPSA) is 61.8 Å². The van der Waals surface area contributed by atoms with E-state index in [9.17, 15) is 9.59 Å². The predicted molar refractivity (Wildman–Crippen MR) is 60.0 cm³/mol. The SMILES string of the molecule is CCOC(=O)[C@H]1OC(C)=C(C(=O)OC)[C@@H]1CC. The third-order valence-corrected chi connectivity index (χ3v) is 2.78. The Hall–Kier alpha value is -1.52. The van der Waals surface area contributed by atoms with Crippen molar-refractivity contribution in [3.05, 3.63) is 11.3 Å². The van der Waals surface area contributed by atoms with Crippen LogP contribution in [-0.4, -0.2) is 31.8 Å². The zero-order valence-corrected chi connectivity index (χ0v) is 10.6. The van der Waals surface area contributed by atoms with Crippen LogP contribution < -0.4 is 0 Å². The first-order chi connectivity index (χ1) is 8.06. The molecule has 0 saturated carbocycles. The molecule has 1 aliphatic heterocycles. The van der Waals surface area contributed by atoms with Gasteiger partial charge in [-0.1, -0.05) is 6.92 Å². The van der Waals surface area contributed by atoms with E-state index in [1.807, 2.05) is 6.92 Å². The monoisotopic (exact) mass is 242 g/mol. The van der Waals surface area contributed by atoms with Crippen molar-refractivity contribution in [2.75, 3.05) is 13.7 Å². The van der Waals surface area contributed by atoms with Gasteiger partial charge in [-0.3, -0.25) is 0 Å². The second kappa shape index (κ2) is 5.70. The molecule has 1 rings (SSSR count). The second-order valence-electron chi connectivity index (χ2n) is 3.77. The number of allylic oxidation sites excluding steroid dienone is 1. The van der Waals surface area contributed by atoms with Crippen LogP contribution in [0.4, 0.5) is 0 Å². The summed E-state index contributed by atoms with van der Waals surface area (Å²) in [5.41, 5.74) is 0.438. The molecule has 0 fully saturated rings. The minimum absolute atomic E-state index is 0.290. The number of carbonyl (C=O) groups excluding carboxylic acids is 2. The fourth-order valence-corrected chi connectivity index (χ4v) is 2.01. The van der Waals surface area contributed by atoms with Gasteiger partial charge in [0.25, 0.3) is 0 Å². The van der Waals surface area contributed by atoms with Gasteiger partial charge in [-0.05, 0) is 20.3 Å². The van der Waals surface area contributed by atoms with Crippen LogP contribution in [0, 0.1) is 5.92 Å². The van der Waals surface area contributed by atoms with Gasteiger partial charge < -0.3 is 14.2 Å². The predicted octanol–water partition coefficient (Wildman–Crippen LogP) is 1.42. The van der Waals surface area contributed by atoms with Crippen molar-refractivity contribution < 1.29 is 23.8 Å². The quantitative estimate of drug-likeness (QED) is 0.698. The Morgan fingerprint density at radius 1 is 1.35 bits per heavy atom. The van der Waals surface area contributed by atoms with Crippen LogP contribution in [0.1, 0.15) is 27.2 Å². The molecule has 2 atom stereocenters. The smallest absolute Gasteiger partial charge is 0.347 e. The summed E-state index contributed by atoms with van der Waals surface area (Å²) in [6.07, 6.45) is -0.111. The number of hydrogen-bond donors (Lipinski definition) is 0. The van der Waals surface area contributed by atoms with E-state index in [4.69, 9.17) is 14.2 Å². The van der Waals surface area contributed by atoms with Crippen molar-refractivity contribution in [3.63, 3.8) is 0 Å². The van der Waals surface area contributed by atoms with Crippen LogP contribution in [0.2, 0.25) is 0 Å². The summed E-state index contributed by atoms with van der Waals surface area (Å²) >= 11 is 0. The van der Waals surface area contributed by atoms with E-state index in [0.29, 0.717) is 24.4 Å². The Kier molecular flexibility index (Phi) is 4.54. The highest BCUT2D eigenvalue weighted by Gasteiger charge is 2.43. The molecular formula is C12H18O5. The average molecular weight is 242 g/mol. The lowest BCUT2D eigenvalue weighted by molar-refractivity contribution is -0.155. The van der Waals surface area contributed by atoms with E-state index in [-0.39, 0.29) is 5.92 Å². The number of rotatable bonds is 4. The maximum atomic E-state index is 11.7. The summed E-state index contributed by atoms with van der Waals surface area (Å²) in [5.74, 6) is -0.720. The van der Waals surface area contributed by atoms with E-state index in [1.54, 1.807) is 13.8 Å². The van der Waals surface area contributed by atoms with Crippen LogP contribution in [0.5, 0.6) is 0 Å². The van der Waals surface area contributed by atoms with Crippen molar-refractivity contribution in [2.24, 2.45) is 5.92 Å². The summed E-state index contributed by atoms with van der Waals surface area (Å²) in [6, 6.07) is 0. The first-order valence-electron chi connectivity index (χ1n) is 5.69. The average Bonchev–Trinajstić information content (AvgIpc) is 2.65. The lowest BCUT2D eigenvalue weighted by Crippen LogP contribution is -2.31. The molecule has 0 unspecified atom stereocenters. The molecule has 0 spiro atoms. The van der Waals surface area contributed by atoms with Crippen LogP contribution in [-0.2, 0) is 23.8 Å². The fraction of sp³-hybridized carbons (Fsp3) is 0.667. The number of methoxy groups -OCH3 is 1. The number of hydrogen-bond acceptors (Lipinski definition) is 5. The molecule has 96 valence electrons. The summed E-state index contributed by atoms with van der Waals surface area (Å²) in [5, 5.41) is 0. The molecule has 0 aromatic rings. The Morgan fingerprint density at radius 2 is 2.00 bits per heavy atom. The number of carbonyl (C=O) groups is 2. The molecule has 5 nitrogen and oxygen atoms in total. The van der Waals surface area contributed by atoms with Gasteiger partial charge in [-0.2, -0.15) is 0 Å². The highest BCUT2D eigenvalue weighted by molar-refractivity contribution is 5.92. The Morgan fingerprint density at radius 3 is 2.47 bits per heavy atom. The molecule has 0 aliphatic carbocycles. The Bertz CT molecular complexity index is 345. The Labute approximate surface area is 101 Å². The van der Waals surface area contributed by atoms with Gasteiger partial charge in [0, 0.05) is 5.92 Å². The van der Waals surface area contributed by atoms with E-state index < -0.39 is 18.0 Å². The summed E-state index contributed by atoms with van der Waals surface area (Å²) < 4.78 is 15.0. The maximum Gasteiger partial charge on any atom is 0.347 e. The van der Waals surface area contributed by atoms with Crippen LogP contribution in [0.15, 0.2) is 11.3 Å². The van der Waals surface area contributed by atoms with Crippen molar-refractivity contribution in [1.29, 1.82) is 0 Å². The largest absolute Gasteiger partial charge is 0.482 e. The van der Waals surface area contributed by atoms with E-state index in [0.717, 1.165) is 0 Å². The second-order valence-corrected chi connectivity index (χ2v) is 3.77. The van der Waals surface area contributed by atoms with E-state index in [1.165, 1.54) is 7.11 Å². The zero-order valence-electron chi connectivity index (χ0n) is 10.6. The minimum Gasteiger partial charge on any atom is -0.482 e. The van der Waals surface area contributed by atoms with Gasteiger partial charge >= 0.3 is 11.9 Å². The van der Waals surface area contributed by atoms with Gasteiger partial charge in [0.1, 0.15) is 5.76 Å². The van der Waals surface area contributed by atoms with Crippen molar-refractivity contribution in [3.8, 4) is 0 Å². The summed E-state index contributed by atoms with van der Waals surface area (Å²) in [7, 11) is 1.31. The molecule has 0 amide bonds. The third-order valence-electron chi connectivity index (χ3n) is 2.78. The van der Waals surface area contributed by atoms with Gasteiger partial charge in [-0.15, -0.1) is 0 Å². The summed E-state index contributed by atoms with van der Waals surface area (Å²) in [6.45, 7) is 5.58. The molecule has 0 saturated heterocycles. The molecular weight excluding hydrogens is 224 g/mol. The molecule has 0 N–H and O–H groups in total. The molecule has 0 radical (unpaired) electrons. The van der Waals surface area contributed by atoms with Gasteiger partial charge in [0.2, 0.25) is 6.10 Å². The van der Waals surface area contributed by atoms with Crippen molar-refractivity contribution in [2.45, 2.75) is 33.3 Å². The Balaban J connectivity index is 2.91. The van der Waals surface area contributed by atoms with E-state index in [2.05, 4.69) is 0 Å². The highest BCUT2D eigenvalue weighted by Crippen LogP contribution is 2.34. The van der Waals surface area contributed by atoms with Crippen molar-refractivity contribution >= 4 is 11.9 Å². The van der Waals surface area contributed by atoms with Gasteiger partial charge in [-0.25, -0.2) is 9.59 Å². The van der Waals surface area contributed by atoms with Crippen LogP contribution >= 0.6 is 0 Å². The van der Waals surface area contributed by atoms with E-state index >= 15 is 0 Å². The fourth-order valence-electron chi connectivity index (χ4n) is 2.01. The van der Waals surface area contributed by atoms with Crippen LogP contribution in [0.25, 0.3) is 0 Å². The molecule has 1 aliphatic rings. The lowest BCUT2D eigenvalue weighted by atomic mass is 9.92. The maximum absolute atomic E-state index is 11.7. The minimum atomic E-state index is -0.728. The zero-order chi connectivity index (χ0) is 13.0. The number of esters is 2. The molecule has 0 bridgehead atoms. The third kappa shape index (κ3) is 2.60. The normalized spacial score (nSPS) is 23.3. The van der Waals surface area contributed by atoms with Gasteiger partial charge in [0.15, 0.2) is 0 Å². The molecule has 0 aromatic carbocycles. The lowest BCUT2D eigenvalue weighted by Gasteiger charge is -2.17. The molecule has 0 aromatic heterocycles. The molecule has 5 heteroatoms. The van der Waals surface area contributed by atoms with Gasteiger partial charge in [0.05, 0.1) is 19.3 Å². The number of ether oxygens (including phenoxy) is 3. The first kappa shape index (κ1) is 13.5. The van der Waals surface area contributed by atoms with Crippen LogP contribution in [0.3, 0.4) is 0 Å². The van der Waals surface area contributed by atoms with Crippen molar-refractivity contribution in [1.82, 2.24) is 0 Å². The molecule has 17 heavy (non-hydrogen) atoms. The molecule has 1 heterocycles.